The van der Waals surface area contributed by atoms with E-state index in [9.17, 15) is 9.59 Å². The zero-order valence-electron chi connectivity index (χ0n) is 18.9. The zero-order chi connectivity index (χ0) is 23.8. The highest BCUT2D eigenvalue weighted by Crippen LogP contribution is 2.56. The maximum atomic E-state index is 13.7. The number of carbonyl (C=O) groups excluding carboxylic acids is 2. The van der Waals surface area contributed by atoms with E-state index in [0.717, 1.165) is 22.5 Å². The quantitative estimate of drug-likeness (QED) is 0.516. The van der Waals surface area contributed by atoms with Crippen LogP contribution < -0.4 is 9.91 Å². The fourth-order valence-corrected chi connectivity index (χ4v) is 6.51. The van der Waals surface area contributed by atoms with E-state index in [-0.39, 0.29) is 23.8 Å². The maximum absolute atomic E-state index is 13.7. The smallest absolute Gasteiger partial charge is 0.240 e. The van der Waals surface area contributed by atoms with Gasteiger partial charge in [0, 0.05) is 10.6 Å². The van der Waals surface area contributed by atoms with E-state index in [0.29, 0.717) is 10.7 Å². The van der Waals surface area contributed by atoms with Gasteiger partial charge in [0.2, 0.25) is 11.8 Å². The van der Waals surface area contributed by atoms with Crippen LogP contribution in [0.2, 0.25) is 5.02 Å². The Hall–Kier alpha value is -3.48. The first-order chi connectivity index (χ1) is 17.0. The standard InChI is InChI=1S/C28H22ClN3O3/c1-15-11-13-16(14-12-15)31-27(33)20-21(28(31)34)26-24-22(25(20)35-26)23(18-9-5-6-10-19(18)29)30-32(24)17-7-3-2-4-8-17/h2-14,20-22,24-26H,1H3/t20-,21+,22+,24-,25-,26+/m1/s1. The van der Waals surface area contributed by atoms with E-state index in [1.54, 1.807) is 0 Å². The highest BCUT2D eigenvalue weighted by atomic mass is 35.5. The van der Waals surface area contributed by atoms with E-state index in [2.05, 4.69) is 0 Å². The number of benzene rings is 3. The molecule has 2 amide bonds. The second-order valence-electron chi connectivity index (χ2n) is 9.63. The van der Waals surface area contributed by atoms with Crippen LogP contribution in [-0.4, -0.2) is 35.8 Å². The number of imide groups is 1. The first kappa shape index (κ1) is 20.9. The number of ether oxygens (including phenoxy) is 1. The lowest BCUT2D eigenvalue weighted by Crippen LogP contribution is -2.50. The topological polar surface area (TPSA) is 62.2 Å². The number of hydrogen-bond acceptors (Lipinski definition) is 5. The summed E-state index contributed by atoms with van der Waals surface area (Å²) < 4.78 is 6.46. The fourth-order valence-electron chi connectivity index (χ4n) is 6.27. The number of carbonyl (C=O) groups is 2. The predicted molar refractivity (Wildman–Crippen MR) is 134 cm³/mol. The summed E-state index contributed by atoms with van der Waals surface area (Å²) in [4.78, 5) is 28.7. The molecule has 174 valence electrons. The van der Waals surface area contributed by atoms with E-state index in [1.807, 2.05) is 90.8 Å². The molecular formula is C28H22ClN3O3. The number of hydrogen-bond donors (Lipinski definition) is 0. The summed E-state index contributed by atoms with van der Waals surface area (Å²) in [5.41, 5.74) is 4.26. The van der Waals surface area contributed by atoms with Crippen molar-refractivity contribution in [1.29, 1.82) is 0 Å². The van der Waals surface area contributed by atoms with E-state index >= 15 is 0 Å². The van der Waals surface area contributed by atoms with Crippen LogP contribution >= 0.6 is 11.6 Å². The average molecular weight is 484 g/mol. The molecule has 3 aromatic rings. The lowest BCUT2D eigenvalue weighted by molar-refractivity contribution is -0.125. The van der Waals surface area contributed by atoms with Gasteiger partial charge in [-0.05, 0) is 37.3 Å². The Balaban J connectivity index is 1.33. The van der Waals surface area contributed by atoms with Crippen LogP contribution in [0, 0.1) is 24.7 Å². The van der Waals surface area contributed by atoms with Gasteiger partial charge in [-0.2, -0.15) is 5.10 Å². The number of aryl methyl sites for hydroxylation is 1. The molecule has 7 heteroatoms. The Kier molecular flexibility index (Phi) is 4.47. The van der Waals surface area contributed by atoms with E-state index < -0.39 is 24.0 Å². The summed E-state index contributed by atoms with van der Waals surface area (Å²) in [7, 11) is 0. The van der Waals surface area contributed by atoms with Crippen molar-refractivity contribution in [3.8, 4) is 0 Å². The van der Waals surface area contributed by atoms with Crippen molar-refractivity contribution >= 4 is 40.5 Å². The van der Waals surface area contributed by atoms with Gasteiger partial charge < -0.3 is 4.74 Å². The number of amides is 2. The number of para-hydroxylation sites is 1. The molecule has 0 radical (unpaired) electrons. The molecule has 3 aromatic carbocycles. The van der Waals surface area contributed by atoms with Crippen LogP contribution in [0.15, 0.2) is 84.0 Å². The van der Waals surface area contributed by atoms with Crippen molar-refractivity contribution < 1.29 is 14.3 Å². The summed E-state index contributed by atoms with van der Waals surface area (Å²) in [5.74, 6) is -1.60. The highest BCUT2D eigenvalue weighted by Gasteiger charge is 2.72. The Labute approximate surface area is 207 Å². The molecule has 4 aliphatic rings. The monoisotopic (exact) mass is 483 g/mol. The van der Waals surface area contributed by atoms with Gasteiger partial charge in [-0.15, -0.1) is 0 Å². The molecule has 0 N–H and O–H groups in total. The third kappa shape index (κ3) is 2.84. The lowest BCUT2D eigenvalue weighted by atomic mass is 9.70. The third-order valence-electron chi connectivity index (χ3n) is 7.75. The zero-order valence-corrected chi connectivity index (χ0v) is 19.7. The Bertz CT molecular complexity index is 1390. The number of nitrogens with zero attached hydrogens (tertiary/aromatic N) is 3. The van der Waals surface area contributed by atoms with Gasteiger partial charge in [0.15, 0.2) is 0 Å². The molecule has 35 heavy (non-hydrogen) atoms. The molecule has 6 nitrogen and oxygen atoms in total. The lowest BCUT2D eigenvalue weighted by Gasteiger charge is -2.32. The SMILES string of the molecule is Cc1ccc(N2C(=O)[C@@H]3[C@@H]4O[C@@H]([C@H]5C(c6ccccc6Cl)=NN(c6ccccc6)[C@@H]45)[C@@H]3C2=O)cc1. The van der Waals surface area contributed by atoms with Crippen molar-refractivity contribution in [2.45, 2.75) is 25.2 Å². The van der Waals surface area contributed by atoms with Gasteiger partial charge in [0.1, 0.15) is 0 Å². The van der Waals surface area contributed by atoms with Crippen LogP contribution in [-0.2, 0) is 14.3 Å². The van der Waals surface area contributed by atoms with E-state index in [1.165, 1.54) is 4.90 Å². The van der Waals surface area contributed by atoms with Gasteiger partial charge >= 0.3 is 0 Å². The highest BCUT2D eigenvalue weighted by molar-refractivity contribution is 6.34. The summed E-state index contributed by atoms with van der Waals surface area (Å²) in [6.07, 6.45) is -0.878. The number of fused-ring (bicyclic) bond motifs is 8. The minimum Gasteiger partial charge on any atom is -0.370 e. The molecule has 3 fully saturated rings. The van der Waals surface area contributed by atoms with E-state index in [4.69, 9.17) is 21.4 Å². The molecule has 4 aliphatic heterocycles. The number of halogens is 1. The molecular weight excluding hydrogens is 462 g/mol. The second-order valence-corrected chi connectivity index (χ2v) is 10.0. The predicted octanol–water partition coefficient (Wildman–Crippen LogP) is 4.44. The Morgan fingerprint density at radius 3 is 2.14 bits per heavy atom. The molecule has 7 rings (SSSR count). The largest absolute Gasteiger partial charge is 0.370 e. The van der Waals surface area contributed by atoms with Crippen LogP contribution in [0.4, 0.5) is 11.4 Å². The first-order valence-corrected chi connectivity index (χ1v) is 12.2. The van der Waals surface area contributed by atoms with Crippen LogP contribution in [0.1, 0.15) is 11.1 Å². The Morgan fingerprint density at radius 2 is 1.43 bits per heavy atom. The van der Waals surface area contributed by atoms with Crippen molar-refractivity contribution in [2.24, 2.45) is 22.9 Å². The molecule has 3 saturated heterocycles. The van der Waals surface area contributed by atoms with Crippen LogP contribution in [0.3, 0.4) is 0 Å². The van der Waals surface area contributed by atoms with Gasteiger partial charge in [-0.3, -0.25) is 14.6 Å². The second kappa shape index (κ2) is 7.51. The van der Waals surface area contributed by atoms with Crippen molar-refractivity contribution in [3.63, 3.8) is 0 Å². The first-order valence-electron chi connectivity index (χ1n) is 11.8. The fraction of sp³-hybridized carbons (Fsp3) is 0.250. The molecule has 0 aliphatic carbocycles. The van der Waals surface area contributed by atoms with Gasteiger partial charge in [0.05, 0.1) is 53.1 Å². The van der Waals surface area contributed by atoms with Crippen LogP contribution in [0.5, 0.6) is 0 Å². The molecule has 0 saturated carbocycles. The molecule has 2 bridgehead atoms. The normalized spacial score (nSPS) is 30.6. The van der Waals surface area contributed by atoms with Gasteiger partial charge in [-0.1, -0.05) is 65.7 Å². The van der Waals surface area contributed by atoms with Crippen molar-refractivity contribution in [1.82, 2.24) is 0 Å². The number of rotatable bonds is 3. The maximum Gasteiger partial charge on any atom is 0.240 e. The minimum atomic E-state index is -0.529. The van der Waals surface area contributed by atoms with Gasteiger partial charge in [-0.25, -0.2) is 4.90 Å². The third-order valence-corrected chi connectivity index (χ3v) is 8.08. The number of anilines is 2. The summed E-state index contributed by atoms with van der Waals surface area (Å²) >= 11 is 6.60. The minimum absolute atomic E-state index is 0.170. The van der Waals surface area contributed by atoms with Crippen LogP contribution in [0.25, 0.3) is 0 Å². The molecule has 4 heterocycles. The van der Waals surface area contributed by atoms with Crippen molar-refractivity contribution in [3.05, 3.63) is 95.0 Å². The summed E-state index contributed by atoms with van der Waals surface area (Å²) in [5, 5.41) is 7.60. The molecule has 0 aromatic heterocycles. The van der Waals surface area contributed by atoms with Gasteiger partial charge in [0.25, 0.3) is 0 Å². The summed E-state index contributed by atoms with van der Waals surface area (Å²) in [6, 6.07) is 24.8. The average Bonchev–Trinajstić information content (AvgIpc) is 3.60. The Morgan fingerprint density at radius 1 is 0.771 bits per heavy atom. The number of hydrazone groups is 1. The summed E-state index contributed by atoms with van der Waals surface area (Å²) in [6.45, 7) is 1.98. The van der Waals surface area contributed by atoms with Crippen molar-refractivity contribution in [2.75, 3.05) is 9.91 Å². The molecule has 0 unspecified atom stereocenters. The molecule has 6 atom stereocenters. The molecule has 0 spiro atoms.